The summed E-state index contributed by atoms with van der Waals surface area (Å²) in [4.78, 5) is 23.4. The minimum absolute atomic E-state index is 0.111. The smallest absolute Gasteiger partial charge is 0.235 e. The van der Waals surface area contributed by atoms with E-state index in [0.717, 1.165) is 6.42 Å². The lowest BCUT2D eigenvalue weighted by Gasteiger charge is -2.07. The van der Waals surface area contributed by atoms with Gasteiger partial charge in [0.05, 0.1) is 6.04 Å². The topological polar surface area (TPSA) is 72.6 Å². The van der Waals surface area contributed by atoms with Gasteiger partial charge >= 0.3 is 0 Å². The molecule has 0 aromatic carbocycles. The Balaban J connectivity index is 3.84. The van der Waals surface area contributed by atoms with Gasteiger partial charge in [0.2, 0.25) is 12.1 Å². The Bertz CT molecular complexity index is 211. The van der Waals surface area contributed by atoms with Crippen LogP contribution in [0.15, 0.2) is 4.99 Å². The van der Waals surface area contributed by atoms with E-state index < -0.39 is 6.04 Å². The first-order chi connectivity index (χ1) is 6.11. The molecule has 5 heteroatoms. The van der Waals surface area contributed by atoms with Crippen molar-refractivity contribution in [2.75, 3.05) is 0 Å². The Kier molecular flexibility index (Phi) is 5.72. The average molecular weight is 186 g/mol. The van der Waals surface area contributed by atoms with Crippen LogP contribution in [0.2, 0.25) is 0 Å². The molecule has 0 heterocycles. The highest BCUT2D eigenvalue weighted by Crippen LogP contribution is 2.09. The van der Waals surface area contributed by atoms with Gasteiger partial charge in [-0.2, -0.15) is 0 Å². The van der Waals surface area contributed by atoms with E-state index in [1.807, 2.05) is 6.92 Å². The van der Waals surface area contributed by atoms with Crippen molar-refractivity contribution in [1.82, 2.24) is 0 Å². The molecule has 13 heavy (non-hydrogen) atoms. The summed E-state index contributed by atoms with van der Waals surface area (Å²) in [6.45, 7) is 3.44. The molecule has 0 spiro atoms. The van der Waals surface area contributed by atoms with Crippen molar-refractivity contribution in [3.8, 4) is 0 Å². The lowest BCUT2D eigenvalue weighted by Crippen LogP contribution is -2.17. The van der Waals surface area contributed by atoms with Crippen molar-refractivity contribution in [3.05, 3.63) is 10.1 Å². The zero-order valence-electron chi connectivity index (χ0n) is 7.90. The molecule has 0 saturated heterocycles. The first-order valence-electron chi connectivity index (χ1n) is 4.32. The lowest BCUT2D eigenvalue weighted by molar-refractivity contribution is -0.519. The first kappa shape index (κ1) is 11.8. The van der Waals surface area contributed by atoms with Crippen molar-refractivity contribution in [1.29, 1.82) is 0 Å². The van der Waals surface area contributed by atoms with Crippen LogP contribution in [-0.4, -0.2) is 23.1 Å². The molecule has 0 bridgehead atoms. The van der Waals surface area contributed by atoms with Gasteiger partial charge in [-0.25, -0.2) is 9.79 Å². The maximum atomic E-state index is 10.3. The second kappa shape index (κ2) is 6.31. The summed E-state index contributed by atoms with van der Waals surface area (Å²) in [5, 5.41) is 10.3. The third-order valence-electron chi connectivity index (χ3n) is 1.98. The third-order valence-corrected chi connectivity index (χ3v) is 1.98. The number of hydrogen-bond acceptors (Lipinski definition) is 4. The molecule has 0 N–H and O–H groups in total. The van der Waals surface area contributed by atoms with Crippen LogP contribution in [0.3, 0.4) is 0 Å². The van der Waals surface area contributed by atoms with Crippen molar-refractivity contribution < 1.29 is 9.72 Å². The molecule has 0 aliphatic rings. The molecule has 0 amide bonds. The highest BCUT2D eigenvalue weighted by atomic mass is 16.6. The lowest BCUT2D eigenvalue weighted by atomic mass is 10.1. The van der Waals surface area contributed by atoms with Crippen molar-refractivity contribution in [3.63, 3.8) is 0 Å². The number of nitrogens with zero attached hydrogens (tertiary/aromatic N) is 2. The maximum absolute atomic E-state index is 10.3. The number of hydrogen-bond donors (Lipinski definition) is 0. The SMILES string of the molecule is CCC(CCC(C)[N+](=O)[O-])N=C=O. The summed E-state index contributed by atoms with van der Waals surface area (Å²) in [6.07, 6.45) is 3.23. The number of aliphatic imine (C=N–C) groups is 1. The van der Waals surface area contributed by atoms with E-state index in [9.17, 15) is 14.9 Å². The fourth-order valence-electron chi connectivity index (χ4n) is 0.973. The molecule has 0 aliphatic heterocycles. The summed E-state index contributed by atoms with van der Waals surface area (Å²) >= 11 is 0. The number of carbonyl (C=O) groups excluding carboxylic acids is 1. The van der Waals surface area contributed by atoms with Gasteiger partial charge in [0.15, 0.2) is 0 Å². The van der Waals surface area contributed by atoms with Gasteiger partial charge < -0.3 is 0 Å². The van der Waals surface area contributed by atoms with Crippen LogP contribution >= 0.6 is 0 Å². The van der Waals surface area contributed by atoms with Gasteiger partial charge in [0.1, 0.15) is 0 Å². The zero-order valence-corrected chi connectivity index (χ0v) is 7.90. The molecular formula is C8H14N2O3. The van der Waals surface area contributed by atoms with Crippen molar-refractivity contribution >= 4 is 6.08 Å². The van der Waals surface area contributed by atoms with Crippen LogP contribution in [0.1, 0.15) is 33.1 Å². The summed E-state index contributed by atoms with van der Waals surface area (Å²) in [5.74, 6) is 0. The van der Waals surface area contributed by atoms with E-state index in [2.05, 4.69) is 4.99 Å². The van der Waals surface area contributed by atoms with Gasteiger partial charge in [-0.1, -0.05) is 6.92 Å². The zero-order chi connectivity index (χ0) is 10.3. The minimum Gasteiger partial charge on any atom is -0.264 e. The number of nitro groups is 1. The Hall–Kier alpha value is -1.22. The Morgan fingerprint density at radius 3 is 2.54 bits per heavy atom. The van der Waals surface area contributed by atoms with Crippen LogP contribution < -0.4 is 0 Å². The highest BCUT2D eigenvalue weighted by Gasteiger charge is 2.15. The largest absolute Gasteiger partial charge is 0.264 e. The van der Waals surface area contributed by atoms with Gasteiger partial charge in [0, 0.05) is 18.3 Å². The van der Waals surface area contributed by atoms with E-state index >= 15 is 0 Å². The van der Waals surface area contributed by atoms with Crippen LogP contribution in [-0.2, 0) is 4.79 Å². The molecule has 74 valence electrons. The second-order valence-electron chi connectivity index (χ2n) is 2.99. The fraction of sp³-hybridized carbons (Fsp3) is 0.875. The van der Waals surface area contributed by atoms with Crippen LogP contribution in [0, 0.1) is 10.1 Å². The van der Waals surface area contributed by atoms with E-state index in [1.54, 1.807) is 6.92 Å². The maximum Gasteiger partial charge on any atom is 0.235 e. The van der Waals surface area contributed by atoms with Crippen molar-refractivity contribution in [2.24, 2.45) is 4.99 Å². The molecule has 2 atom stereocenters. The minimum atomic E-state index is -0.559. The Morgan fingerprint density at radius 2 is 2.15 bits per heavy atom. The van der Waals surface area contributed by atoms with Gasteiger partial charge in [-0.05, 0) is 12.8 Å². The van der Waals surface area contributed by atoms with Gasteiger partial charge in [-0.3, -0.25) is 10.1 Å². The molecule has 0 saturated carbocycles. The number of isocyanates is 1. The predicted molar refractivity (Wildman–Crippen MR) is 47.9 cm³/mol. The number of rotatable bonds is 6. The standard InChI is InChI=1S/C8H14N2O3/c1-3-8(9-6-11)5-4-7(2)10(12)13/h7-8H,3-5H2,1-2H3. The molecular weight excluding hydrogens is 172 g/mol. The van der Waals surface area contributed by atoms with Crippen LogP contribution in [0.5, 0.6) is 0 Å². The second-order valence-corrected chi connectivity index (χ2v) is 2.99. The first-order valence-corrected chi connectivity index (χ1v) is 4.32. The van der Waals surface area contributed by atoms with Crippen LogP contribution in [0.4, 0.5) is 0 Å². The monoisotopic (exact) mass is 186 g/mol. The molecule has 5 nitrogen and oxygen atoms in total. The van der Waals surface area contributed by atoms with E-state index in [0.29, 0.717) is 12.8 Å². The van der Waals surface area contributed by atoms with E-state index in [4.69, 9.17) is 0 Å². The summed E-state index contributed by atoms with van der Waals surface area (Å²) < 4.78 is 0. The molecule has 0 fully saturated rings. The van der Waals surface area contributed by atoms with Crippen LogP contribution in [0.25, 0.3) is 0 Å². The predicted octanol–water partition coefficient (Wildman–Crippen LogP) is 1.55. The van der Waals surface area contributed by atoms with Gasteiger partial charge in [-0.15, -0.1) is 0 Å². The highest BCUT2D eigenvalue weighted by molar-refractivity contribution is 5.33. The quantitative estimate of drug-likeness (QED) is 0.273. The van der Waals surface area contributed by atoms with Gasteiger partial charge in [0.25, 0.3) is 0 Å². The summed E-state index contributed by atoms with van der Waals surface area (Å²) in [7, 11) is 0. The summed E-state index contributed by atoms with van der Waals surface area (Å²) in [5.41, 5.74) is 0. The molecule has 0 rings (SSSR count). The molecule has 0 aromatic rings. The third kappa shape index (κ3) is 5.09. The Morgan fingerprint density at radius 1 is 1.54 bits per heavy atom. The summed E-state index contributed by atoms with van der Waals surface area (Å²) in [6, 6.07) is -0.671. The fourth-order valence-corrected chi connectivity index (χ4v) is 0.973. The molecule has 2 unspecified atom stereocenters. The molecule has 0 radical (unpaired) electrons. The average Bonchev–Trinajstić information content (AvgIpc) is 2.11. The van der Waals surface area contributed by atoms with E-state index in [1.165, 1.54) is 6.08 Å². The normalized spacial score (nSPS) is 14.3. The molecule has 0 aromatic heterocycles. The Labute approximate surface area is 77.0 Å². The molecule has 0 aliphatic carbocycles. The van der Waals surface area contributed by atoms with E-state index in [-0.39, 0.29) is 11.0 Å². The van der Waals surface area contributed by atoms with Crippen molar-refractivity contribution in [2.45, 2.75) is 45.2 Å².